The van der Waals surface area contributed by atoms with Gasteiger partial charge in [-0.15, -0.1) is 0 Å². The van der Waals surface area contributed by atoms with Gasteiger partial charge in [-0.2, -0.15) is 9.97 Å². The molecular formula is C21H21F4N5O2. The Morgan fingerprint density at radius 1 is 1.00 bits per heavy atom. The SMILES string of the molecule is FC(F)c1nc(C(F)F)nc(N2CCc3c([nH]c4ccccc34)[C@@H]2CC2COCOC2)n1. The predicted molar refractivity (Wildman–Crippen MR) is 107 cm³/mol. The van der Waals surface area contributed by atoms with E-state index in [1.165, 1.54) is 0 Å². The molecule has 32 heavy (non-hydrogen) atoms. The number of fused-ring (bicyclic) bond motifs is 3. The normalized spacial score (nSPS) is 19.8. The number of anilines is 1. The third-order valence-electron chi connectivity index (χ3n) is 5.89. The van der Waals surface area contributed by atoms with Crippen molar-refractivity contribution in [3.63, 3.8) is 0 Å². The summed E-state index contributed by atoms with van der Waals surface area (Å²) in [6.45, 7) is 1.60. The molecule has 0 aliphatic carbocycles. The van der Waals surface area contributed by atoms with Crippen LogP contribution in [-0.2, 0) is 15.9 Å². The van der Waals surface area contributed by atoms with Gasteiger partial charge < -0.3 is 19.4 Å². The molecule has 2 aliphatic rings. The highest BCUT2D eigenvalue weighted by Gasteiger charge is 2.35. The Labute approximate surface area is 180 Å². The smallest absolute Gasteiger partial charge is 0.297 e. The summed E-state index contributed by atoms with van der Waals surface area (Å²) in [5, 5.41) is 1.08. The second kappa shape index (κ2) is 8.62. The van der Waals surface area contributed by atoms with Crippen molar-refractivity contribution in [1.29, 1.82) is 0 Å². The number of benzene rings is 1. The fourth-order valence-electron chi connectivity index (χ4n) is 4.51. The number of nitrogens with one attached hydrogen (secondary N) is 1. The summed E-state index contributed by atoms with van der Waals surface area (Å²) in [6.07, 6.45) is -5.02. The van der Waals surface area contributed by atoms with E-state index in [4.69, 9.17) is 9.47 Å². The van der Waals surface area contributed by atoms with Gasteiger partial charge in [0.25, 0.3) is 12.9 Å². The van der Waals surface area contributed by atoms with Crippen LogP contribution < -0.4 is 4.90 Å². The zero-order valence-electron chi connectivity index (χ0n) is 17.0. The Balaban J connectivity index is 1.59. The zero-order chi connectivity index (χ0) is 22.2. The van der Waals surface area contributed by atoms with Crippen molar-refractivity contribution in [1.82, 2.24) is 19.9 Å². The second-order valence-corrected chi connectivity index (χ2v) is 7.94. The van der Waals surface area contributed by atoms with Crippen LogP contribution in [0.2, 0.25) is 0 Å². The Kier molecular flexibility index (Phi) is 5.68. The van der Waals surface area contributed by atoms with Crippen molar-refractivity contribution in [2.45, 2.75) is 31.7 Å². The summed E-state index contributed by atoms with van der Waals surface area (Å²) in [5.41, 5.74) is 2.98. The third-order valence-corrected chi connectivity index (χ3v) is 5.89. The number of aromatic amines is 1. The lowest BCUT2D eigenvalue weighted by molar-refractivity contribution is -0.128. The van der Waals surface area contributed by atoms with E-state index < -0.39 is 24.5 Å². The summed E-state index contributed by atoms with van der Waals surface area (Å²) < 4.78 is 64.2. The zero-order valence-corrected chi connectivity index (χ0v) is 17.0. The number of hydrogen-bond donors (Lipinski definition) is 1. The van der Waals surface area contributed by atoms with Crippen LogP contribution in [-0.4, -0.2) is 46.5 Å². The van der Waals surface area contributed by atoms with Crippen LogP contribution >= 0.6 is 0 Å². The summed E-state index contributed by atoms with van der Waals surface area (Å²) in [4.78, 5) is 16.1. The molecule has 0 spiro atoms. The Morgan fingerprint density at radius 2 is 1.69 bits per heavy atom. The number of ether oxygens (including phenoxy) is 2. The van der Waals surface area contributed by atoms with Gasteiger partial charge in [0.05, 0.1) is 19.3 Å². The van der Waals surface area contributed by atoms with Crippen molar-refractivity contribution < 1.29 is 27.0 Å². The van der Waals surface area contributed by atoms with Crippen LogP contribution in [0.5, 0.6) is 0 Å². The monoisotopic (exact) mass is 451 g/mol. The molecule has 11 heteroatoms. The number of rotatable bonds is 5. The van der Waals surface area contributed by atoms with Gasteiger partial charge in [-0.25, -0.2) is 22.5 Å². The van der Waals surface area contributed by atoms with Gasteiger partial charge in [0, 0.05) is 29.1 Å². The van der Waals surface area contributed by atoms with Crippen molar-refractivity contribution >= 4 is 16.9 Å². The van der Waals surface area contributed by atoms with E-state index >= 15 is 0 Å². The number of alkyl halides is 4. The minimum Gasteiger partial charge on any atom is -0.356 e. The van der Waals surface area contributed by atoms with Crippen LogP contribution in [0.3, 0.4) is 0 Å². The third kappa shape index (κ3) is 3.90. The van der Waals surface area contributed by atoms with Gasteiger partial charge in [-0.1, -0.05) is 18.2 Å². The van der Waals surface area contributed by atoms with E-state index in [1.807, 2.05) is 24.3 Å². The average molecular weight is 451 g/mol. The van der Waals surface area contributed by atoms with Gasteiger partial charge in [-0.05, 0) is 24.5 Å². The first-order chi connectivity index (χ1) is 15.5. The minimum absolute atomic E-state index is 0.0413. The number of nitrogens with zero attached hydrogens (tertiary/aromatic N) is 4. The van der Waals surface area contributed by atoms with E-state index in [0.29, 0.717) is 32.6 Å². The Bertz CT molecular complexity index is 1080. The molecule has 0 saturated carbocycles. The van der Waals surface area contributed by atoms with E-state index in [2.05, 4.69) is 19.9 Å². The molecule has 4 heterocycles. The fourth-order valence-corrected chi connectivity index (χ4v) is 4.51. The molecule has 1 atom stereocenters. The summed E-state index contributed by atoms with van der Waals surface area (Å²) in [6, 6.07) is 7.53. The number of H-pyrrole nitrogens is 1. The number of para-hydroxylation sites is 1. The highest BCUT2D eigenvalue weighted by Crippen LogP contribution is 2.40. The largest absolute Gasteiger partial charge is 0.356 e. The molecule has 3 aromatic rings. The molecule has 2 aliphatic heterocycles. The quantitative estimate of drug-likeness (QED) is 0.582. The van der Waals surface area contributed by atoms with Gasteiger partial charge in [0.1, 0.15) is 6.79 Å². The fraction of sp³-hybridized carbons (Fsp3) is 0.476. The average Bonchev–Trinajstić information content (AvgIpc) is 3.19. The Hall–Kier alpha value is -2.79. The molecule has 1 fully saturated rings. The van der Waals surface area contributed by atoms with Gasteiger partial charge in [0.15, 0.2) is 0 Å². The molecule has 0 amide bonds. The van der Waals surface area contributed by atoms with Crippen molar-refractivity contribution in [3.8, 4) is 0 Å². The van der Waals surface area contributed by atoms with Crippen LogP contribution in [0.1, 0.15) is 48.2 Å². The topological polar surface area (TPSA) is 76.2 Å². The molecule has 0 unspecified atom stereocenters. The Morgan fingerprint density at radius 3 is 2.38 bits per heavy atom. The van der Waals surface area contributed by atoms with Crippen LogP contribution in [0.4, 0.5) is 23.5 Å². The highest BCUT2D eigenvalue weighted by atomic mass is 19.3. The maximum atomic E-state index is 13.4. The molecule has 0 bridgehead atoms. The molecule has 1 aromatic carbocycles. The molecule has 170 valence electrons. The molecule has 0 radical (unpaired) electrons. The van der Waals surface area contributed by atoms with E-state index in [9.17, 15) is 17.6 Å². The first-order valence-electron chi connectivity index (χ1n) is 10.3. The maximum Gasteiger partial charge on any atom is 0.297 e. The van der Waals surface area contributed by atoms with Crippen molar-refractivity contribution in [2.75, 3.05) is 31.5 Å². The summed E-state index contributed by atoms with van der Waals surface area (Å²) in [5.74, 6) is -2.02. The maximum absolute atomic E-state index is 13.4. The van der Waals surface area contributed by atoms with Gasteiger partial charge in [0.2, 0.25) is 17.6 Å². The molecule has 1 saturated heterocycles. The van der Waals surface area contributed by atoms with Crippen LogP contribution in [0.15, 0.2) is 24.3 Å². The highest BCUT2D eigenvalue weighted by molar-refractivity contribution is 5.85. The molecule has 1 N–H and O–H groups in total. The van der Waals surface area contributed by atoms with E-state index in [0.717, 1.165) is 22.2 Å². The standard InChI is InChI=1S/C21H21F4N5O2/c22-17(23)19-27-20(18(24)25)29-21(28-19)30-6-5-13-12-3-1-2-4-14(12)26-16(13)15(30)7-11-8-31-10-32-9-11/h1-4,11,15,17-18,26H,5-10H2/t15-/m0/s1. The molecule has 7 nitrogen and oxygen atoms in total. The lowest BCUT2D eigenvalue weighted by atomic mass is 9.91. The van der Waals surface area contributed by atoms with Crippen LogP contribution in [0.25, 0.3) is 10.9 Å². The molecule has 2 aromatic heterocycles. The summed E-state index contributed by atoms with van der Waals surface area (Å²) in [7, 11) is 0. The second-order valence-electron chi connectivity index (χ2n) is 7.94. The lowest BCUT2D eigenvalue weighted by Gasteiger charge is -2.38. The number of aromatic nitrogens is 4. The lowest BCUT2D eigenvalue weighted by Crippen LogP contribution is -2.39. The van der Waals surface area contributed by atoms with Crippen molar-refractivity contribution in [2.24, 2.45) is 5.92 Å². The number of halogens is 4. The first kappa shape index (κ1) is 21.1. The van der Waals surface area contributed by atoms with Crippen molar-refractivity contribution in [3.05, 3.63) is 47.2 Å². The van der Waals surface area contributed by atoms with E-state index in [-0.39, 0.29) is 24.7 Å². The van der Waals surface area contributed by atoms with Crippen LogP contribution in [0, 0.1) is 5.92 Å². The van der Waals surface area contributed by atoms with Gasteiger partial charge in [-0.3, -0.25) is 0 Å². The predicted octanol–water partition coefficient (Wildman–Crippen LogP) is 4.34. The first-order valence-corrected chi connectivity index (χ1v) is 10.3. The number of hydrogen-bond acceptors (Lipinski definition) is 6. The molecular weight excluding hydrogens is 430 g/mol. The van der Waals surface area contributed by atoms with E-state index in [1.54, 1.807) is 4.90 Å². The van der Waals surface area contributed by atoms with Gasteiger partial charge >= 0.3 is 0 Å². The minimum atomic E-state index is -3.08. The summed E-state index contributed by atoms with van der Waals surface area (Å²) >= 11 is 0. The molecule has 5 rings (SSSR count).